The van der Waals surface area contributed by atoms with Crippen molar-refractivity contribution < 1.29 is 42.0 Å². The maximum atomic E-state index is 7.74. The Morgan fingerprint density at radius 2 is 0.529 bits per heavy atom. The van der Waals surface area contributed by atoms with E-state index in [1.54, 1.807) is 0 Å². The second kappa shape index (κ2) is 20.5. The van der Waals surface area contributed by atoms with Gasteiger partial charge >= 0.3 is 0 Å². The summed E-state index contributed by atoms with van der Waals surface area (Å²) in [4.78, 5) is 0. The van der Waals surface area contributed by atoms with Crippen LogP contribution in [0.15, 0.2) is 72.8 Å². The number of benzene rings is 4. The molecule has 51 heavy (non-hydrogen) atoms. The van der Waals surface area contributed by atoms with E-state index in [-0.39, 0.29) is 0 Å². The lowest BCUT2D eigenvalue weighted by Gasteiger charge is -2.29. The first kappa shape index (κ1) is 39.5. The Morgan fingerprint density at radius 3 is 0.725 bits per heavy atom. The summed E-state index contributed by atoms with van der Waals surface area (Å²) in [5.74, 6) is 5.82. The number of ether oxygens (including phenoxy) is 8. The molecule has 0 atom stereocenters. The molecule has 0 bridgehead atoms. The van der Waals surface area contributed by atoms with Gasteiger partial charge in [-0.1, -0.05) is 24.3 Å². The molecule has 0 fully saturated rings. The van der Waals surface area contributed by atoms with E-state index in [1.165, 1.54) is 0 Å². The molecular formula is C40H54O9Si2. The minimum Gasteiger partial charge on any atom is -0.494 e. The smallest absolute Gasteiger partial charge is 0.236 e. The summed E-state index contributed by atoms with van der Waals surface area (Å²) in [5.41, 5.74) is 0. The lowest BCUT2D eigenvalue weighted by atomic mass is 10.3. The van der Waals surface area contributed by atoms with Crippen LogP contribution in [0.1, 0.15) is 55.4 Å². The molecule has 0 aliphatic carbocycles. The lowest BCUT2D eigenvalue weighted by molar-refractivity contribution is 0.324. The Hall–Kier alpha value is -4.33. The standard InChI is InChI=1S/C40H54O9Si2/c1-9-41-29-17-21-37(33(25-29)45-13-5)50(38-22-18-30(42-10-2)26-34(38)46-14-6)49-51(39-23-19-31(43-11-3)27-35(39)47-15-7)40-24-20-32(44-12-4)28-36(40)48-16-8/h17-28,50-51H,9-16H2,1-8H3. The van der Waals surface area contributed by atoms with Crippen molar-refractivity contribution in [1.29, 1.82) is 0 Å². The average molecular weight is 735 g/mol. The fourth-order valence-electron chi connectivity index (χ4n) is 5.84. The molecule has 0 spiro atoms. The van der Waals surface area contributed by atoms with E-state index in [2.05, 4.69) is 24.3 Å². The van der Waals surface area contributed by atoms with Crippen molar-refractivity contribution in [3.8, 4) is 46.0 Å². The highest BCUT2D eigenvalue weighted by Crippen LogP contribution is 2.26. The Kier molecular flexibility index (Phi) is 15.9. The molecule has 0 unspecified atom stereocenters. The normalized spacial score (nSPS) is 11.0. The van der Waals surface area contributed by atoms with Gasteiger partial charge in [0, 0.05) is 45.0 Å². The summed E-state index contributed by atoms with van der Waals surface area (Å²) < 4.78 is 56.7. The van der Waals surface area contributed by atoms with Gasteiger partial charge in [-0.2, -0.15) is 0 Å². The third-order valence-corrected chi connectivity index (χ3v) is 14.1. The highest BCUT2D eigenvalue weighted by atomic mass is 28.4. The Balaban J connectivity index is 2.05. The van der Waals surface area contributed by atoms with E-state index in [0.29, 0.717) is 52.9 Å². The molecule has 0 aromatic heterocycles. The number of hydrogen-bond donors (Lipinski definition) is 0. The average Bonchev–Trinajstić information content (AvgIpc) is 3.12. The van der Waals surface area contributed by atoms with Crippen molar-refractivity contribution in [1.82, 2.24) is 0 Å². The second-order valence-electron chi connectivity index (χ2n) is 11.2. The zero-order valence-electron chi connectivity index (χ0n) is 31.4. The molecule has 4 rings (SSSR count). The predicted octanol–water partition coefficient (Wildman–Crippen LogP) is 5.27. The van der Waals surface area contributed by atoms with Gasteiger partial charge in [0.15, 0.2) is 0 Å². The van der Waals surface area contributed by atoms with Crippen LogP contribution in [0.25, 0.3) is 0 Å². The van der Waals surface area contributed by atoms with E-state index in [9.17, 15) is 0 Å². The fraction of sp³-hybridized carbons (Fsp3) is 0.400. The molecule has 276 valence electrons. The van der Waals surface area contributed by atoms with Gasteiger partial charge in [0.1, 0.15) is 46.0 Å². The summed E-state index contributed by atoms with van der Waals surface area (Å²) in [7, 11) is -5.35. The predicted molar refractivity (Wildman–Crippen MR) is 209 cm³/mol. The summed E-state index contributed by atoms with van der Waals surface area (Å²) >= 11 is 0. The van der Waals surface area contributed by atoms with Crippen LogP contribution in [0, 0.1) is 0 Å². The first-order valence-electron chi connectivity index (χ1n) is 18.2. The van der Waals surface area contributed by atoms with Crippen molar-refractivity contribution in [3.63, 3.8) is 0 Å². The van der Waals surface area contributed by atoms with E-state index in [0.717, 1.165) is 66.7 Å². The first-order valence-corrected chi connectivity index (χ1v) is 21.4. The Morgan fingerprint density at radius 1 is 0.314 bits per heavy atom. The van der Waals surface area contributed by atoms with Crippen molar-refractivity contribution >= 4 is 38.8 Å². The molecule has 0 aliphatic heterocycles. The minimum absolute atomic E-state index is 0.479. The van der Waals surface area contributed by atoms with Gasteiger partial charge in [0.05, 0.1) is 52.9 Å². The molecule has 0 N–H and O–H groups in total. The van der Waals surface area contributed by atoms with Crippen LogP contribution in [-0.2, 0) is 4.12 Å². The molecule has 4 aromatic carbocycles. The zero-order valence-corrected chi connectivity index (χ0v) is 33.7. The van der Waals surface area contributed by atoms with E-state index in [1.807, 2.05) is 104 Å². The van der Waals surface area contributed by atoms with Gasteiger partial charge in [0.2, 0.25) is 18.1 Å². The molecular weight excluding hydrogens is 681 g/mol. The molecule has 0 saturated carbocycles. The number of rotatable bonds is 22. The van der Waals surface area contributed by atoms with Crippen molar-refractivity contribution in [2.45, 2.75) is 55.4 Å². The molecule has 9 nitrogen and oxygen atoms in total. The summed E-state index contributed by atoms with van der Waals surface area (Å²) in [6.45, 7) is 19.9. The van der Waals surface area contributed by atoms with Gasteiger partial charge < -0.3 is 42.0 Å². The van der Waals surface area contributed by atoms with Gasteiger partial charge in [-0.3, -0.25) is 0 Å². The highest BCUT2D eigenvalue weighted by molar-refractivity contribution is 6.93. The zero-order chi connectivity index (χ0) is 36.6. The summed E-state index contributed by atoms with van der Waals surface area (Å²) in [6.07, 6.45) is 0. The topological polar surface area (TPSA) is 83.1 Å². The van der Waals surface area contributed by atoms with Gasteiger partial charge in [-0.15, -0.1) is 0 Å². The van der Waals surface area contributed by atoms with Crippen molar-refractivity contribution in [2.24, 2.45) is 0 Å². The third-order valence-electron chi connectivity index (χ3n) is 7.79. The van der Waals surface area contributed by atoms with Crippen LogP contribution >= 0.6 is 0 Å². The van der Waals surface area contributed by atoms with Gasteiger partial charge in [0.25, 0.3) is 0 Å². The van der Waals surface area contributed by atoms with Gasteiger partial charge in [-0.25, -0.2) is 0 Å². The van der Waals surface area contributed by atoms with Crippen LogP contribution in [0.5, 0.6) is 46.0 Å². The quantitative estimate of drug-likeness (QED) is 0.100. The SMILES string of the molecule is CCOc1ccc([SiH](O[SiH](c2ccc(OCC)cc2OCC)c2ccc(OCC)cc2OCC)c2ccc(OCC)cc2OCC)c(OCC)c1. The molecule has 0 heterocycles. The third kappa shape index (κ3) is 10.4. The molecule has 0 amide bonds. The van der Waals surface area contributed by atoms with Crippen LogP contribution < -0.4 is 58.6 Å². The Labute approximate surface area is 307 Å². The van der Waals surface area contributed by atoms with E-state index in [4.69, 9.17) is 42.0 Å². The van der Waals surface area contributed by atoms with E-state index < -0.39 is 18.1 Å². The number of hydrogen-bond acceptors (Lipinski definition) is 9. The van der Waals surface area contributed by atoms with Crippen molar-refractivity contribution in [3.05, 3.63) is 72.8 Å². The van der Waals surface area contributed by atoms with Crippen LogP contribution in [0.3, 0.4) is 0 Å². The van der Waals surface area contributed by atoms with Crippen LogP contribution in [0.4, 0.5) is 0 Å². The largest absolute Gasteiger partial charge is 0.494 e. The monoisotopic (exact) mass is 734 g/mol. The summed E-state index contributed by atoms with van der Waals surface area (Å²) in [5, 5.41) is 3.87. The Bertz CT molecular complexity index is 1430. The molecule has 0 aliphatic rings. The maximum absolute atomic E-state index is 7.74. The van der Waals surface area contributed by atoms with Crippen LogP contribution in [0.2, 0.25) is 0 Å². The summed E-state index contributed by atoms with van der Waals surface area (Å²) in [6, 6.07) is 24.1. The maximum Gasteiger partial charge on any atom is 0.236 e. The second-order valence-corrected chi connectivity index (χ2v) is 16.3. The fourth-order valence-corrected chi connectivity index (χ4v) is 12.7. The van der Waals surface area contributed by atoms with E-state index >= 15 is 0 Å². The molecule has 0 saturated heterocycles. The molecule has 4 aromatic rings. The molecule has 11 heteroatoms. The molecule has 0 radical (unpaired) electrons. The van der Waals surface area contributed by atoms with Crippen LogP contribution in [-0.4, -0.2) is 70.9 Å². The highest BCUT2D eigenvalue weighted by Gasteiger charge is 2.34. The first-order chi connectivity index (χ1) is 24.9. The van der Waals surface area contributed by atoms with Crippen molar-refractivity contribution in [2.75, 3.05) is 52.9 Å². The lowest BCUT2D eigenvalue weighted by Crippen LogP contribution is -2.57. The minimum atomic E-state index is -2.68. The van der Waals surface area contributed by atoms with Gasteiger partial charge in [-0.05, 0) is 79.7 Å².